The molecule has 198 valence electrons. The predicted molar refractivity (Wildman–Crippen MR) is 112 cm³/mol. The minimum Gasteiger partial charge on any atom is -0.422 e. The van der Waals surface area contributed by atoms with Crippen molar-refractivity contribution in [3.8, 4) is 45.8 Å². The Morgan fingerprint density at radius 3 is 1.64 bits per heavy atom. The zero-order valence-corrected chi connectivity index (χ0v) is 19.2. The molecule has 2 unspecified atom stereocenters. The number of carbonyl (C=O) groups excluding carboxylic acids is 6. The van der Waals surface area contributed by atoms with E-state index in [0.717, 1.165) is 0 Å². The van der Waals surface area contributed by atoms with Crippen molar-refractivity contribution >= 4 is 35.8 Å². The summed E-state index contributed by atoms with van der Waals surface area (Å²) in [5, 5.41) is 29.4. The molecule has 0 fully saturated rings. The van der Waals surface area contributed by atoms with Gasteiger partial charge in [-0.25, -0.2) is 9.59 Å². The Hall–Kier alpha value is -4.96. The van der Waals surface area contributed by atoms with Gasteiger partial charge in [0, 0.05) is 17.5 Å². The molecule has 0 radical (unpaired) electrons. The number of esters is 6. The maximum absolute atomic E-state index is 13.0. The van der Waals surface area contributed by atoms with Crippen molar-refractivity contribution in [2.24, 2.45) is 0 Å². The third-order valence-electron chi connectivity index (χ3n) is 6.74. The second-order valence-electron chi connectivity index (χ2n) is 9.45. The molecule has 4 bridgehead atoms. The molecule has 0 saturated carbocycles. The van der Waals surface area contributed by atoms with Crippen LogP contribution in [0.5, 0.6) is 34.6 Å². The molecule has 16 heteroatoms. The fourth-order valence-electron chi connectivity index (χ4n) is 5.02. The van der Waals surface area contributed by atoms with Crippen LogP contribution < -0.4 is 28.4 Å². The maximum Gasteiger partial charge on any atom is 0.345 e. The summed E-state index contributed by atoms with van der Waals surface area (Å²) in [6.07, 6.45) is -4.31. The van der Waals surface area contributed by atoms with Crippen LogP contribution in [0.2, 0.25) is 0 Å². The number of benzene rings is 1. The molecule has 0 spiro atoms. The molecule has 7 rings (SSSR count). The highest BCUT2D eigenvalue weighted by Crippen LogP contribution is 2.61. The van der Waals surface area contributed by atoms with E-state index < -0.39 is 107 Å². The van der Waals surface area contributed by atoms with Crippen molar-refractivity contribution in [1.29, 1.82) is 0 Å². The normalized spacial score (nSPS) is 26.4. The molecule has 39 heavy (non-hydrogen) atoms. The molecule has 5 aliphatic rings. The van der Waals surface area contributed by atoms with E-state index in [1.165, 1.54) is 0 Å². The van der Waals surface area contributed by atoms with Crippen molar-refractivity contribution in [3.63, 3.8) is 0 Å². The average Bonchev–Trinajstić information content (AvgIpc) is 3.21. The first-order valence-electron chi connectivity index (χ1n) is 11.3. The smallest absolute Gasteiger partial charge is 0.345 e. The highest BCUT2D eigenvalue weighted by molar-refractivity contribution is 6.02. The van der Waals surface area contributed by atoms with Crippen LogP contribution in [0.25, 0.3) is 11.1 Å². The molecular formula is C23H12N2O14. The molecule has 5 heterocycles. The summed E-state index contributed by atoms with van der Waals surface area (Å²) in [5.41, 5.74) is -5.52. The molecule has 2 atom stereocenters. The van der Waals surface area contributed by atoms with Crippen LogP contribution in [-0.2, 0) is 35.2 Å². The summed E-state index contributed by atoms with van der Waals surface area (Å²) in [4.78, 5) is 76.8. The predicted octanol–water partition coefficient (Wildman–Crippen LogP) is -1.44. The molecule has 2 N–H and O–H groups in total. The first-order chi connectivity index (χ1) is 18.5. The van der Waals surface area contributed by atoms with E-state index in [0.29, 0.717) is 0 Å². The Morgan fingerprint density at radius 1 is 0.538 bits per heavy atom. The van der Waals surface area contributed by atoms with Gasteiger partial charge in [0.25, 0.3) is 5.88 Å². The minimum absolute atomic E-state index is 0.0118. The zero-order chi connectivity index (χ0) is 27.4. The third kappa shape index (κ3) is 3.18. The topological polar surface area (TPSA) is 224 Å². The Balaban J connectivity index is 1.60. The van der Waals surface area contributed by atoms with Crippen LogP contribution in [0.4, 0.5) is 0 Å². The third-order valence-corrected chi connectivity index (χ3v) is 6.74. The number of aliphatic hydroxyl groups is 2. The number of nitrogens with zero attached hydrogens (tertiary/aromatic N) is 2. The SMILES string of the molecule is O=C1CC2(O)CC(=O)Oc3c4c5c(c6c3-c3c(nnc(c3OC2=O)O1)C6)OC(=O)CC(O)(CC(=O)O4)C(=O)O5. The highest BCUT2D eigenvalue weighted by atomic mass is 16.6. The van der Waals surface area contributed by atoms with E-state index in [-0.39, 0.29) is 28.8 Å². The second-order valence-corrected chi connectivity index (χ2v) is 9.45. The van der Waals surface area contributed by atoms with E-state index in [1.54, 1.807) is 0 Å². The fourth-order valence-corrected chi connectivity index (χ4v) is 5.02. The minimum atomic E-state index is -2.72. The van der Waals surface area contributed by atoms with Crippen LogP contribution in [0.3, 0.4) is 0 Å². The summed E-state index contributed by atoms with van der Waals surface area (Å²) in [6.45, 7) is 0. The van der Waals surface area contributed by atoms with Crippen LogP contribution in [0.15, 0.2) is 0 Å². The molecule has 16 nitrogen and oxygen atoms in total. The number of hydrogen-bond donors (Lipinski definition) is 2. The lowest BCUT2D eigenvalue weighted by Crippen LogP contribution is -2.49. The van der Waals surface area contributed by atoms with Crippen LogP contribution in [0, 0.1) is 0 Å². The van der Waals surface area contributed by atoms with E-state index in [4.69, 9.17) is 28.4 Å². The monoisotopic (exact) mass is 540 g/mol. The lowest BCUT2D eigenvalue weighted by molar-refractivity contribution is -0.170. The Kier molecular flexibility index (Phi) is 4.35. The first-order valence-corrected chi connectivity index (χ1v) is 11.3. The Bertz CT molecular complexity index is 1650. The second kappa shape index (κ2) is 7.33. The summed E-state index contributed by atoms with van der Waals surface area (Å²) < 4.78 is 32.1. The summed E-state index contributed by atoms with van der Waals surface area (Å²) in [7, 11) is 0. The molecule has 1 aromatic carbocycles. The maximum atomic E-state index is 13.0. The lowest BCUT2D eigenvalue weighted by Gasteiger charge is -2.32. The van der Waals surface area contributed by atoms with Crippen LogP contribution in [0.1, 0.15) is 36.9 Å². The van der Waals surface area contributed by atoms with Gasteiger partial charge in [-0.3, -0.25) is 19.2 Å². The van der Waals surface area contributed by atoms with Crippen LogP contribution >= 0.6 is 0 Å². The summed E-state index contributed by atoms with van der Waals surface area (Å²) >= 11 is 0. The highest BCUT2D eigenvalue weighted by Gasteiger charge is 2.53. The Morgan fingerprint density at radius 2 is 1.03 bits per heavy atom. The number of aromatic nitrogens is 2. The molecule has 2 aromatic rings. The van der Waals surface area contributed by atoms with Gasteiger partial charge in [0.15, 0.2) is 22.7 Å². The number of ether oxygens (including phenoxy) is 6. The summed E-state index contributed by atoms with van der Waals surface area (Å²) in [5.74, 6) is -10.8. The molecule has 1 aromatic heterocycles. The molecule has 0 amide bonds. The van der Waals surface area contributed by atoms with Gasteiger partial charge in [0.05, 0.1) is 36.9 Å². The van der Waals surface area contributed by atoms with Crippen molar-refractivity contribution in [2.75, 3.05) is 0 Å². The number of carbonyl (C=O) groups is 6. The van der Waals surface area contributed by atoms with Gasteiger partial charge in [0.2, 0.25) is 17.2 Å². The number of fused-ring (bicyclic) bond motifs is 6. The van der Waals surface area contributed by atoms with Gasteiger partial charge < -0.3 is 38.6 Å². The van der Waals surface area contributed by atoms with E-state index in [1.807, 2.05) is 0 Å². The van der Waals surface area contributed by atoms with Crippen molar-refractivity contribution in [2.45, 2.75) is 43.3 Å². The van der Waals surface area contributed by atoms with Gasteiger partial charge in [-0.15, -0.1) is 5.10 Å². The zero-order valence-electron chi connectivity index (χ0n) is 19.2. The van der Waals surface area contributed by atoms with Crippen molar-refractivity contribution in [3.05, 3.63) is 11.3 Å². The van der Waals surface area contributed by atoms with E-state index in [2.05, 4.69) is 10.2 Å². The first kappa shape index (κ1) is 23.2. The van der Waals surface area contributed by atoms with Crippen molar-refractivity contribution < 1.29 is 67.4 Å². The van der Waals surface area contributed by atoms with Crippen LogP contribution in [-0.4, -0.2) is 67.4 Å². The fraction of sp³-hybridized carbons (Fsp3) is 0.304. The number of rotatable bonds is 0. The largest absolute Gasteiger partial charge is 0.422 e. The number of hydrogen-bond acceptors (Lipinski definition) is 16. The van der Waals surface area contributed by atoms with Gasteiger partial charge >= 0.3 is 35.8 Å². The average molecular weight is 540 g/mol. The van der Waals surface area contributed by atoms with Crippen molar-refractivity contribution in [1.82, 2.24) is 10.2 Å². The van der Waals surface area contributed by atoms with E-state index >= 15 is 0 Å². The van der Waals surface area contributed by atoms with Gasteiger partial charge in [-0.1, -0.05) is 0 Å². The summed E-state index contributed by atoms with van der Waals surface area (Å²) in [6, 6.07) is 0. The van der Waals surface area contributed by atoms with E-state index in [9.17, 15) is 39.0 Å². The molecule has 0 saturated heterocycles. The quantitative estimate of drug-likeness (QED) is 0.246. The standard InChI is InChI=1S/C23H12N2O14/c26-8-2-22(32)4-10(28)36-18-15-12-6(14(34-8)17(18)39-21(22)31)1-7-13(12)16-19(25-24-7)37-11(29)5-23(33,20(30)38-16)3-9(27)35-15/h32-33H,1-5H2. The molecule has 4 aliphatic heterocycles. The van der Waals surface area contributed by atoms with Gasteiger partial charge in [-0.2, -0.15) is 5.10 Å². The molecule has 1 aliphatic carbocycles. The Labute approximate surface area is 214 Å². The van der Waals surface area contributed by atoms with Gasteiger partial charge in [-0.05, 0) is 0 Å². The van der Waals surface area contributed by atoms with Gasteiger partial charge in [0.1, 0.15) is 0 Å². The molecular weight excluding hydrogens is 528 g/mol. The lowest BCUT2D eigenvalue weighted by atomic mass is 9.93.